The van der Waals surface area contributed by atoms with Crippen LogP contribution in [0.25, 0.3) is 0 Å². The molecule has 7 heteroatoms. The zero-order valence-corrected chi connectivity index (χ0v) is 16.5. The fraction of sp³-hybridized carbons (Fsp3) is 0.409. The van der Waals surface area contributed by atoms with Crippen LogP contribution >= 0.6 is 0 Å². The molecule has 0 aliphatic carbocycles. The molecular formula is C22H25N3O4. The van der Waals surface area contributed by atoms with Gasteiger partial charge in [0.1, 0.15) is 0 Å². The summed E-state index contributed by atoms with van der Waals surface area (Å²) in [5, 5.41) is 2.92. The fourth-order valence-electron chi connectivity index (χ4n) is 3.84. The van der Waals surface area contributed by atoms with Crippen molar-refractivity contribution in [3.8, 4) is 0 Å². The fourth-order valence-corrected chi connectivity index (χ4v) is 3.84. The van der Waals surface area contributed by atoms with E-state index in [-0.39, 0.29) is 11.8 Å². The van der Waals surface area contributed by atoms with Crippen LogP contribution in [0.1, 0.15) is 46.0 Å². The smallest absolute Gasteiger partial charge is 0.257 e. The number of carbonyl (C=O) groups excluding carboxylic acids is 2. The second-order valence-electron chi connectivity index (χ2n) is 7.33. The predicted octanol–water partition coefficient (Wildman–Crippen LogP) is 2.88. The highest BCUT2D eigenvalue weighted by molar-refractivity contribution is 6.06. The molecule has 152 valence electrons. The third kappa shape index (κ3) is 4.16. The molecule has 1 spiro atoms. The summed E-state index contributed by atoms with van der Waals surface area (Å²) >= 11 is 0. The van der Waals surface area contributed by atoms with E-state index in [1.54, 1.807) is 11.0 Å². The number of aromatic nitrogens is 1. The first-order chi connectivity index (χ1) is 14.1. The van der Waals surface area contributed by atoms with Gasteiger partial charge < -0.3 is 19.7 Å². The Bertz CT molecular complexity index is 898. The highest BCUT2D eigenvalue weighted by Gasteiger charge is 2.40. The summed E-state index contributed by atoms with van der Waals surface area (Å²) < 4.78 is 11.4. The Morgan fingerprint density at radius 3 is 2.52 bits per heavy atom. The van der Waals surface area contributed by atoms with Crippen LogP contribution in [0.3, 0.4) is 0 Å². The molecule has 2 fully saturated rings. The van der Waals surface area contributed by atoms with Crippen molar-refractivity contribution < 1.29 is 19.1 Å². The third-order valence-electron chi connectivity index (χ3n) is 5.52. The number of amides is 2. The number of rotatable bonds is 4. The van der Waals surface area contributed by atoms with E-state index >= 15 is 0 Å². The minimum Gasteiger partial charge on any atom is -0.347 e. The van der Waals surface area contributed by atoms with E-state index in [1.165, 1.54) is 12.4 Å². The van der Waals surface area contributed by atoms with Gasteiger partial charge in [-0.2, -0.15) is 0 Å². The molecule has 1 aromatic heterocycles. The Morgan fingerprint density at radius 1 is 1.10 bits per heavy atom. The second kappa shape index (κ2) is 8.31. The number of ether oxygens (including phenoxy) is 2. The molecule has 1 aromatic carbocycles. The topological polar surface area (TPSA) is 80.8 Å². The van der Waals surface area contributed by atoms with E-state index in [0.717, 1.165) is 17.7 Å². The van der Waals surface area contributed by atoms with Gasteiger partial charge >= 0.3 is 0 Å². The summed E-state index contributed by atoms with van der Waals surface area (Å²) in [4.78, 5) is 31.5. The molecule has 7 nitrogen and oxygen atoms in total. The van der Waals surface area contributed by atoms with Crippen LogP contribution in [0, 0.1) is 0 Å². The Hall–Kier alpha value is -2.77. The van der Waals surface area contributed by atoms with Crippen LogP contribution in [-0.4, -0.2) is 53.8 Å². The van der Waals surface area contributed by atoms with E-state index in [1.807, 2.05) is 31.2 Å². The lowest BCUT2D eigenvalue weighted by atomic mass is 10.0. The summed E-state index contributed by atoms with van der Waals surface area (Å²) in [5.74, 6) is -0.934. The van der Waals surface area contributed by atoms with Crippen LogP contribution in [-0.2, 0) is 15.9 Å². The van der Waals surface area contributed by atoms with Gasteiger partial charge in [-0.25, -0.2) is 0 Å². The SMILES string of the molecule is CCc1ccccc1NC(=O)c1cncc(C(=O)N2CCC3(CC2)OCCO3)c1. The van der Waals surface area contributed by atoms with Crippen LogP contribution in [0.15, 0.2) is 42.7 Å². The summed E-state index contributed by atoms with van der Waals surface area (Å²) in [6.07, 6.45) is 5.11. The largest absolute Gasteiger partial charge is 0.347 e. The first kappa shape index (κ1) is 19.5. The summed E-state index contributed by atoms with van der Waals surface area (Å²) in [6, 6.07) is 9.28. The summed E-state index contributed by atoms with van der Waals surface area (Å²) in [6.45, 7) is 4.36. The molecule has 2 saturated heterocycles. The molecular weight excluding hydrogens is 370 g/mol. The molecule has 29 heavy (non-hydrogen) atoms. The molecule has 2 aromatic rings. The quantitative estimate of drug-likeness (QED) is 0.861. The molecule has 0 saturated carbocycles. The number of para-hydroxylation sites is 1. The van der Waals surface area contributed by atoms with Gasteiger partial charge in [0.2, 0.25) is 0 Å². The minimum absolute atomic E-state index is 0.131. The predicted molar refractivity (Wildman–Crippen MR) is 108 cm³/mol. The van der Waals surface area contributed by atoms with E-state index < -0.39 is 5.79 Å². The lowest BCUT2D eigenvalue weighted by molar-refractivity contribution is -0.181. The Balaban J connectivity index is 1.44. The Kier molecular flexibility index (Phi) is 5.60. The highest BCUT2D eigenvalue weighted by Crippen LogP contribution is 2.31. The van der Waals surface area contributed by atoms with Crippen molar-refractivity contribution in [1.82, 2.24) is 9.88 Å². The van der Waals surface area contributed by atoms with Crippen LogP contribution < -0.4 is 5.32 Å². The van der Waals surface area contributed by atoms with Gasteiger partial charge in [0.05, 0.1) is 24.3 Å². The van der Waals surface area contributed by atoms with Gasteiger partial charge in [0.15, 0.2) is 5.79 Å². The van der Waals surface area contributed by atoms with Crippen molar-refractivity contribution in [3.05, 3.63) is 59.4 Å². The Morgan fingerprint density at radius 2 is 1.79 bits per heavy atom. The van der Waals surface area contributed by atoms with Crippen molar-refractivity contribution in [2.75, 3.05) is 31.6 Å². The van der Waals surface area contributed by atoms with Gasteiger partial charge in [-0.3, -0.25) is 14.6 Å². The second-order valence-corrected chi connectivity index (χ2v) is 7.33. The molecule has 1 N–H and O–H groups in total. The number of carbonyl (C=O) groups is 2. The first-order valence-electron chi connectivity index (χ1n) is 10.0. The molecule has 0 unspecified atom stereocenters. The van der Waals surface area contributed by atoms with Gasteiger partial charge in [-0.1, -0.05) is 25.1 Å². The molecule has 4 rings (SSSR count). The van der Waals surface area contributed by atoms with E-state index in [4.69, 9.17) is 9.47 Å². The number of hydrogen-bond donors (Lipinski definition) is 1. The van der Waals surface area contributed by atoms with Crippen molar-refractivity contribution in [2.45, 2.75) is 32.0 Å². The lowest BCUT2D eigenvalue weighted by Crippen LogP contribution is -2.47. The number of nitrogens with zero attached hydrogens (tertiary/aromatic N) is 2. The number of benzene rings is 1. The van der Waals surface area contributed by atoms with Gasteiger partial charge in [0.25, 0.3) is 11.8 Å². The molecule has 2 aliphatic heterocycles. The maximum Gasteiger partial charge on any atom is 0.257 e. The lowest BCUT2D eigenvalue weighted by Gasteiger charge is -2.37. The van der Waals surface area contributed by atoms with Crippen LogP contribution in [0.2, 0.25) is 0 Å². The first-order valence-corrected chi connectivity index (χ1v) is 10.0. The number of pyridine rings is 1. The van der Waals surface area contributed by atoms with Crippen molar-refractivity contribution in [1.29, 1.82) is 0 Å². The minimum atomic E-state index is -0.524. The number of likely N-dealkylation sites (tertiary alicyclic amines) is 1. The molecule has 3 heterocycles. The number of hydrogen-bond acceptors (Lipinski definition) is 5. The molecule has 0 bridgehead atoms. The standard InChI is InChI=1S/C22H25N3O4/c1-2-16-5-3-4-6-19(16)24-20(26)17-13-18(15-23-14-17)21(27)25-9-7-22(8-10-25)28-11-12-29-22/h3-6,13-15H,2,7-12H2,1H3,(H,24,26). The van der Waals surface area contributed by atoms with Crippen LogP contribution in [0.4, 0.5) is 5.69 Å². The highest BCUT2D eigenvalue weighted by atomic mass is 16.7. The molecule has 2 amide bonds. The monoisotopic (exact) mass is 395 g/mol. The summed E-state index contributed by atoms with van der Waals surface area (Å²) in [5.41, 5.74) is 2.59. The zero-order chi connectivity index (χ0) is 20.3. The van der Waals surface area contributed by atoms with Gasteiger partial charge in [0, 0.05) is 44.0 Å². The van der Waals surface area contributed by atoms with Gasteiger partial charge in [-0.15, -0.1) is 0 Å². The van der Waals surface area contributed by atoms with E-state index in [9.17, 15) is 9.59 Å². The van der Waals surface area contributed by atoms with Gasteiger partial charge in [-0.05, 0) is 24.1 Å². The van der Waals surface area contributed by atoms with E-state index in [0.29, 0.717) is 50.3 Å². The maximum absolute atomic E-state index is 12.9. The average molecular weight is 395 g/mol. The maximum atomic E-state index is 12.9. The van der Waals surface area contributed by atoms with E-state index in [2.05, 4.69) is 10.3 Å². The number of anilines is 1. The number of nitrogens with one attached hydrogen (secondary N) is 1. The third-order valence-corrected chi connectivity index (χ3v) is 5.52. The number of aryl methyl sites for hydroxylation is 1. The normalized spacial score (nSPS) is 18.0. The molecule has 2 aliphatic rings. The molecule has 0 radical (unpaired) electrons. The molecule has 0 atom stereocenters. The average Bonchev–Trinajstić information content (AvgIpc) is 3.22. The van der Waals surface area contributed by atoms with Crippen molar-refractivity contribution >= 4 is 17.5 Å². The number of piperidine rings is 1. The van der Waals surface area contributed by atoms with Crippen molar-refractivity contribution in [3.63, 3.8) is 0 Å². The van der Waals surface area contributed by atoms with Crippen LogP contribution in [0.5, 0.6) is 0 Å². The summed E-state index contributed by atoms with van der Waals surface area (Å²) in [7, 11) is 0. The zero-order valence-electron chi connectivity index (χ0n) is 16.5. The van der Waals surface area contributed by atoms with Crippen molar-refractivity contribution in [2.24, 2.45) is 0 Å². The Labute approximate surface area is 170 Å².